The van der Waals surface area contributed by atoms with Gasteiger partial charge in [-0.05, 0) is 5.56 Å². The molecule has 1 fully saturated rings. The van der Waals surface area contributed by atoms with Crippen LogP contribution in [0.25, 0.3) is 0 Å². The van der Waals surface area contributed by atoms with E-state index in [0.717, 1.165) is 0 Å². The Bertz CT molecular complexity index is 297. The van der Waals surface area contributed by atoms with Crippen molar-refractivity contribution in [1.82, 2.24) is 10.6 Å². The number of hydrogen-bond donors (Lipinski definition) is 2. The zero-order chi connectivity index (χ0) is 9.10. The van der Waals surface area contributed by atoms with Crippen molar-refractivity contribution >= 4 is 5.91 Å². The van der Waals surface area contributed by atoms with Gasteiger partial charge in [-0.2, -0.15) is 0 Å². The van der Waals surface area contributed by atoms with Gasteiger partial charge in [-0.25, -0.2) is 0 Å². The van der Waals surface area contributed by atoms with Crippen LogP contribution in [-0.4, -0.2) is 12.6 Å². The van der Waals surface area contributed by atoms with Gasteiger partial charge in [0.15, 0.2) is 0 Å². The van der Waals surface area contributed by atoms with Crippen LogP contribution in [0.2, 0.25) is 0 Å². The molecule has 3 nitrogen and oxygen atoms in total. The van der Waals surface area contributed by atoms with Gasteiger partial charge in [0.2, 0.25) is 5.91 Å². The number of hydrogen-bond acceptors (Lipinski definition) is 2. The second-order valence-electron chi connectivity index (χ2n) is 3.15. The van der Waals surface area contributed by atoms with Crippen LogP contribution in [0.15, 0.2) is 30.3 Å². The molecule has 2 rings (SSSR count). The smallest absolute Gasteiger partial charge is 0.222 e. The lowest BCUT2D eigenvalue weighted by atomic mass is 10.0. The molecule has 0 radical (unpaired) electrons. The first-order valence-corrected chi connectivity index (χ1v) is 4.41. The second-order valence-corrected chi connectivity index (χ2v) is 3.15. The maximum Gasteiger partial charge on any atom is 0.222 e. The molecule has 2 N–H and O–H groups in total. The maximum atomic E-state index is 11.1. The van der Waals surface area contributed by atoms with E-state index >= 15 is 0 Å². The molecule has 1 saturated heterocycles. The molecule has 1 aliphatic heterocycles. The predicted octanol–water partition coefficient (Wildman–Crippen LogP) is 0.795. The molecule has 68 valence electrons. The van der Waals surface area contributed by atoms with Crippen LogP contribution < -0.4 is 10.6 Å². The van der Waals surface area contributed by atoms with Gasteiger partial charge in [0.05, 0.1) is 6.67 Å². The Balaban J connectivity index is 2.13. The molecule has 1 amide bonds. The van der Waals surface area contributed by atoms with Gasteiger partial charge in [0.1, 0.15) is 0 Å². The van der Waals surface area contributed by atoms with Crippen molar-refractivity contribution in [1.29, 1.82) is 0 Å². The molecular weight excluding hydrogens is 164 g/mol. The molecule has 3 heteroatoms. The van der Waals surface area contributed by atoms with Crippen molar-refractivity contribution in [3.63, 3.8) is 0 Å². The number of carbonyl (C=O) groups is 1. The highest BCUT2D eigenvalue weighted by atomic mass is 16.1. The second kappa shape index (κ2) is 3.58. The molecule has 1 atom stereocenters. The van der Waals surface area contributed by atoms with Crippen molar-refractivity contribution in [2.24, 2.45) is 0 Å². The van der Waals surface area contributed by atoms with Crippen LogP contribution in [-0.2, 0) is 4.79 Å². The minimum absolute atomic E-state index is 0.118. The quantitative estimate of drug-likeness (QED) is 0.664. The molecule has 1 aliphatic rings. The fraction of sp³-hybridized carbons (Fsp3) is 0.300. The molecule has 1 aromatic rings. The van der Waals surface area contributed by atoms with E-state index in [-0.39, 0.29) is 11.9 Å². The number of amides is 1. The monoisotopic (exact) mass is 176 g/mol. The fourth-order valence-corrected chi connectivity index (χ4v) is 1.52. The summed E-state index contributed by atoms with van der Waals surface area (Å²) in [5, 5.41) is 5.97. The number of rotatable bonds is 1. The van der Waals surface area contributed by atoms with Crippen molar-refractivity contribution in [2.45, 2.75) is 12.5 Å². The highest BCUT2D eigenvalue weighted by molar-refractivity contribution is 5.77. The van der Waals surface area contributed by atoms with E-state index in [1.54, 1.807) is 0 Å². The molecule has 0 saturated carbocycles. The summed E-state index contributed by atoms with van der Waals surface area (Å²) < 4.78 is 0. The summed E-state index contributed by atoms with van der Waals surface area (Å²) in [4.78, 5) is 11.1. The summed E-state index contributed by atoms with van der Waals surface area (Å²) in [7, 11) is 0. The average Bonchev–Trinajstić information content (AvgIpc) is 2.19. The van der Waals surface area contributed by atoms with Crippen molar-refractivity contribution < 1.29 is 4.79 Å². The molecule has 0 unspecified atom stereocenters. The van der Waals surface area contributed by atoms with E-state index in [1.165, 1.54) is 5.56 Å². The number of carbonyl (C=O) groups excluding carboxylic acids is 1. The summed E-state index contributed by atoms with van der Waals surface area (Å²) in [6.07, 6.45) is 0.532. The van der Waals surface area contributed by atoms with E-state index in [1.807, 2.05) is 30.3 Å². The average molecular weight is 176 g/mol. The van der Waals surface area contributed by atoms with Crippen LogP contribution >= 0.6 is 0 Å². The van der Waals surface area contributed by atoms with Crippen LogP contribution in [0.3, 0.4) is 0 Å². The van der Waals surface area contributed by atoms with E-state index in [4.69, 9.17) is 0 Å². The Morgan fingerprint density at radius 1 is 1.23 bits per heavy atom. The zero-order valence-electron chi connectivity index (χ0n) is 7.29. The Labute approximate surface area is 77.1 Å². The minimum atomic E-state index is 0.118. The Kier molecular flexibility index (Phi) is 2.27. The normalized spacial score (nSPS) is 22.5. The van der Waals surface area contributed by atoms with Crippen LogP contribution in [0, 0.1) is 0 Å². The standard InChI is InChI=1S/C10H12N2O/c13-10-6-9(11-7-12-10)8-4-2-1-3-5-8/h1-5,9,11H,6-7H2,(H,12,13)/t9-/m0/s1. The minimum Gasteiger partial charge on any atom is -0.343 e. The Morgan fingerprint density at radius 2 is 2.00 bits per heavy atom. The van der Waals surface area contributed by atoms with Crippen molar-refractivity contribution in [3.8, 4) is 0 Å². The van der Waals surface area contributed by atoms with E-state index in [9.17, 15) is 4.79 Å². The largest absolute Gasteiger partial charge is 0.343 e. The summed E-state index contributed by atoms with van der Waals surface area (Å²) in [5.74, 6) is 0.118. The lowest BCUT2D eigenvalue weighted by Gasteiger charge is -2.23. The molecule has 0 spiro atoms. The molecule has 13 heavy (non-hydrogen) atoms. The van der Waals surface area contributed by atoms with Gasteiger partial charge >= 0.3 is 0 Å². The highest BCUT2D eigenvalue weighted by Gasteiger charge is 2.18. The lowest BCUT2D eigenvalue weighted by Crippen LogP contribution is -2.43. The van der Waals surface area contributed by atoms with Gasteiger partial charge in [-0.3, -0.25) is 10.1 Å². The molecule has 0 aliphatic carbocycles. The number of nitrogens with one attached hydrogen (secondary N) is 2. The molecule has 1 aromatic carbocycles. The van der Waals surface area contributed by atoms with Gasteiger partial charge in [-0.15, -0.1) is 0 Å². The first-order valence-electron chi connectivity index (χ1n) is 4.41. The zero-order valence-corrected chi connectivity index (χ0v) is 7.29. The van der Waals surface area contributed by atoms with Crippen molar-refractivity contribution in [2.75, 3.05) is 6.67 Å². The summed E-state index contributed by atoms with van der Waals surface area (Å²) in [5.41, 5.74) is 1.18. The van der Waals surface area contributed by atoms with Crippen molar-refractivity contribution in [3.05, 3.63) is 35.9 Å². The van der Waals surface area contributed by atoms with Gasteiger partial charge in [0.25, 0.3) is 0 Å². The topological polar surface area (TPSA) is 41.1 Å². The Morgan fingerprint density at radius 3 is 2.69 bits per heavy atom. The lowest BCUT2D eigenvalue weighted by molar-refractivity contribution is -0.123. The van der Waals surface area contributed by atoms with Gasteiger partial charge in [-0.1, -0.05) is 30.3 Å². The summed E-state index contributed by atoms with van der Waals surface area (Å²) in [6, 6.07) is 10.2. The summed E-state index contributed by atoms with van der Waals surface area (Å²) in [6.45, 7) is 0.568. The molecule has 0 aromatic heterocycles. The fourth-order valence-electron chi connectivity index (χ4n) is 1.52. The van der Waals surface area contributed by atoms with Crippen LogP contribution in [0.4, 0.5) is 0 Å². The molecule has 0 bridgehead atoms. The van der Waals surface area contributed by atoms with Gasteiger partial charge in [0, 0.05) is 12.5 Å². The highest BCUT2D eigenvalue weighted by Crippen LogP contribution is 2.17. The van der Waals surface area contributed by atoms with E-state index in [2.05, 4.69) is 10.6 Å². The van der Waals surface area contributed by atoms with Crippen LogP contribution in [0.5, 0.6) is 0 Å². The Hall–Kier alpha value is -1.35. The first kappa shape index (κ1) is 8.26. The predicted molar refractivity (Wildman–Crippen MR) is 49.9 cm³/mol. The molecule has 1 heterocycles. The first-order chi connectivity index (χ1) is 6.36. The van der Waals surface area contributed by atoms with E-state index < -0.39 is 0 Å². The maximum absolute atomic E-state index is 11.1. The number of benzene rings is 1. The SMILES string of the molecule is O=C1C[C@@H](c2ccccc2)NCN1. The molecular formula is C10H12N2O. The summed E-state index contributed by atoms with van der Waals surface area (Å²) >= 11 is 0. The van der Waals surface area contributed by atoms with Crippen LogP contribution in [0.1, 0.15) is 18.0 Å². The third-order valence-corrected chi connectivity index (χ3v) is 2.23. The van der Waals surface area contributed by atoms with E-state index in [0.29, 0.717) is 13.1 Å². The third-order valence-electron chi connectivity index (χ3n) is 2.23. The van der Waals surface area contributed by atoms with Gasteiger partial charge < -0.3 is 5.32 Å². The third kappa shape index (κ3) is 1.87.